The van der Waals surface area contributed by atoms with Crippen molar-refractivity contribution in [2.45, 2.75) is 12.6 Å². The van der Waals surface area contributed by atoms with Crippen molar-refractivity contribution in [3.8, 4) is 5.88 Å². The maximum Gasteiger partial charge on any atom is 0.425 e. The second-order valence-corrected chi connectivity index (χ2v) is 2.80. The van der Waals surface area contributed by atoms with E-state index in [2.05, 4.69) is 4.74 Å². The van der Waals surface area contributed by atoms with E-state index in [1.54, 1.807) is 4.98 Å². The Morgan fingerprint density at radius 1 is 1.38 bits per heavy atom. The zero-order chi connectivity index (χ0) is 12.5. The van der Waals surface area contributed by atoms with Crippen LogP contribution in [0, 0.1) is 0 Å². The predicted molar refractivity (Wildman–Crippen MR) is 43.6 cm³/mol. The van der Waals surface area contributed by atoms with E-state index in [0.717, 1.165) is 7.11 Å². The summed E-state index contributed by atoms with van der Waals surface area (Å²) < 4.78 is 65.6. The van der Waals surface area contributed by atoms with E-state index >= 15 is 0 Å². The number of methoxy groups -OCH3 is 1. The van der Waals surface area contributed by atoms with Crippen LogP contribution in [-0.4, -0.2) is 12.1 Å². The molecular weight excluding hydrogens is 237 g/mol. The van der Waals surface area contributed by atoms with Gasteiger partial charge in [0.05, 0.1) is 12.8 Å². The Hall–Kier alpha value is -1.60. The molecule has 0 fully saturated rings. The summed E-state index contributed by atoms with van der Waals surface area (Å²) >= 11 is 0. The van der Waals surface area contributed by atoms with Crippen LogP contribution in [-0.2, 0) is 6.18 Å². The summed E-state index contributed by atoms with van der Waals surface area (Å²) in [6.45, 7) is 0. The molecule has 0 aliphatic heterocycles. The fourth-order valence-electron chi connectivity index (χ4n) is 1.09. The Balaban J connectivity index is 3.47. The van der Waals surface area contributed by atoms with Gasteiger partial charge in [0.25, 0.3) is 6.43 Å². The largest absolute Gasteiger partial charge is 0.482 e. The molecule has 0 radical (unpaired) electrons. The molecule has 0 spiro atoms. The minimum atomic E-state index is -4.96. The summed E-state index contributed by atoms with van der Waals surface area (Å²) in [6.07, 6.45) is -8.04. The van der Waals surface area contributed by atoms with Crippen LogP contribution in [0.4, 0.5) is 22.0 Å². The number of nitrogens with one attached hydrogen (secondary N) is 1. The summed E-state index contributed by atoms with van der Waals surface area (Å²) in [4.78, 5) is 12.7. The van der Waals surface area contributed by atoms with Crippen molar-refractivity contribution in [1.82, 2.24) is 4.98 Å². The van der Waals surface area contributed by atoms with Gasteiger partial charge in [-0.25, -0.2) is 8.78 Å². The van der Waals surface area contributed by atoms with Crippen LogP contribution in [0.3, 0.4) is 0 Å². The first-order valence-corrected chi connectivity index (χ1v) is 3.94. The Labute approximate surface area is 85.8 Å². The summed E-state index contributed by atoms with van der Waals surface area (Å²) in [5.74, 6) is -1.02. The van der Waals surface area contributed by atoms with Crippen LogP contribution in [0.2, 0.25) is 0 Å². The van der Waals surface area contributed by atoms with Crippen LogP contribution in [0.15, 0.2) is 10.9 Å². The lowest BCUT2D eigenvalue weighted by molar-refractivity contribution is -0.140. The van der Waals surface area contributed by atoms with E-state index in [4.69, 9.17) is 0 Å². The predicted octanol–water partition coefficient (Wildman–Crippen LogP) is 2.34. The number of alkyl halides is 5. The number of rotatable bonds is 2. The fraction of sp³-hybridized carbons (Fsp3) is 0.375. The van der Waals surface area contributed by atoms with Gasteiger partial charge in [0.1, 0.15) is 0 Å². The highest BCUT2D eigenvalue weighted by molar-refractivity contribution is 5.31. The minimum absolute atomic E-state index is 0.204. The zero-order valence-corrected chi connectivity index (χ0v) is 7.86. The molecule has 1 rings (SSSR count). The lowest BCUT2D eigenvalue weighted by Crippen LogP contribution is -2.22. The molecule has 0 saturated carbocycles. The van der Waals surface area contributed by atoms with Gasteiger partial charge in [-0.2, -0.15) is 13.2 Å². The van der Waals surface area contributed by atoms with E-state index in [0.29, 0.717) is 0 Å². The van der Waals surface area contributed by atoms with Gasteiger partial charge in [-0.15, -0.1) is 0 Å². The van der Waals surface area contributed by atoms with Gasteiger partial charge >= 0.3 is 6.18 Å². The van der Waals surface area contributed by atoms with Crippen molar-refractivity contribution in [2.24, 2.45) is 0 Å². The molecule has 0 aromatic carbocycles. The average molecular weight is 243 g/mol. The van der Waals surface area contributed by atoms with Gasteiger partial charge in [-0.1, -0.05) is 0 Å². The van der Waals surface area contributed by atoms with E-state index in [-0.39, 0.29) is 6.07 Å². The number of aromatic nitrogens is 1. The van der Waals surface area contributed by atoms with Crippen LogP contribution in [0.1, 0.15) is 17.7 Å². The highest BCUT2D eigenvalue weighted by Crippen LogP contribution is 2.33. The van der Waals surface area contributed by atoms with Crippen molar-refractivity contribution in [3.63, 3.8) is 0 Å². The van der Waals surface area contributed by atoms with Gasteiger partial charge < -0.3 is 9.72 Å². The van der Waals surface area contributed by atoms with E-state index in [9.17, 15) is 26.7 Å². The smallest absolute Gasteiger partial charge is 0.425 e. The van der Waals surface area contributed by atoms with Crippen molar-refractivity contribution < 1.29 is 26.7 Å². The molecule has 90 valence electrons. The van der Waals surface area contributed by atoms with Crippen molar-refractivity contribution >= 4 is 0 Å². The zero-order valence-electron chi connectivity index (χ0n) is 7.86. The highest BCUT2D eigenvalue weighted by Gasteiger charge is 2.38. The molecular formula is C8H6F5NO2. The van der Waals surface area contributed by atoms with Crippen molar-refractivity contribution in [3.05, 3.63) is 27.5 Å². The number of H-pyrrole nitrogens is 1. The number of ether oxygens (including phenoxy) is 1. The third-order valence-electron chi connectivity index (χ3n) is 1.74. The molecule has 16 heavy (non-hydrogen) atoms. The number of hydrogen-bond donors (Lipinski definition) is 1. The second kappa shape index (κ2) is 4.11. The number of pyridine rings is 1. The normalized spacial score (nSPS) is 11.9. The molecule has 3 nitrogen and oxygen atoms in total. The lowest BCUT2D eigenvalue weighted by Gasteiger charge is -2.12. The Kier molecular flexibility index (Phi) is 3.20. The molecule has 0 unspecified atom stereocenters. The van der Waals surface area contributed by atoms with Gasteiger partial charge in [-0.05, 0) is 0 Å². The van der Waals surface area contributed by atoms with Crippen molar-refractivity contribution in [2.75, 3.05) is 7.11 Å². The highest BCUT2D eigenvalue weighted by atomic mass is 19.4. The molecule has 0 aliphatic rings. The van der Waals surface area contributed by atoms with E-state index < -0.39 is 35.2 Å². The Bertz CT molecular complexity index is 437. The van der Waals surface area contributed by atoms with Gasteiger partial charge in [-0.3, -0.25) is 4.79 Å². The van der Waals surface area contributed by atoms with Crippen molar-refractivity contribution in [1.29, 1.82) is 0 Å². The maximum absolute atomic E-state index is 12.3. The van der Waals surface area contributed by atoms with E-state index in [1.165, 1.54) is 0 Å². The third kappa shape index (κ3) is 2.31. The van der Waals surface area contributed by atoms with E-state index in [1.807, 2.05) is 0 Å². The summed E-state index contributed by atoms with van der Waals surface area (Å²) in [5, 5.41) is 0. The topological polar surface area (TPSA) is 42.1 Å². The molecule has 1 aromatic heterocycles. The minimum Gasteiger partial charge on any atom is -0.482 e. The first-order valence-electron chi connectivity index (χ1n) is 3.94. The maximum atomic E-state index is 12.3. The summed E-state index contributed by atoms with van der Waals surface area (Å²) in [7, 11) is 0.843. The average Bonchev–Trinajstić information content (AvgIpc) is 2.14. The van der Waals surface area contributed by atoms with Crippen LogP contribution >= 0.6 is 0 Å². The quantitative estimate of drug-likeness (QED) is 0.810. The molecule has 0 aliphatic carbocycles. The number of hydrogen-bond acceptors (Lipinski definition) is 2. The fourth-order valence-corrected chi connectivity index (χ4v) is 1.09. The van der Waals surface area contributed by atoms with Crippen LogP contribution in [0.25, 0.3) is 0 Å². The molecule has 1 heterocycles. The van der Waals surface area contributed by atoms with Gasteiger partial charge in [0.15, 0.2) is 11.0 Å². The molecule has 0 atom stereocenters. The molecule has 1 N–H and O–H groups in total. The number of aromatic amines is 1. The molecule has 0 amide bonds. The van der Waals surface area contributed by atoms with Gasteiger partial charge in [0, 0.05) is 6.07 Å². The molecule has 1 aromatic rings. The first-order chi connectivity index (χ1) is 7.27. The second-order valence-electron chi connectivity index (χ2n) is 2.80. The summed E-state index contributed by atoms with van der Waals surface area (Å²) in [5.41, 5.74) is -4.10. The van der Waals surface area contributed by atoms with Crippen LogP contribution in [0.5, 0.6) is 5.88 Å². The molecule has 0 bridgehead atoms. The summed E-state index contributed by atoms with van der Waals surface area (Å²) in [6, 6.07) is 0.204. The monoisotopic (exact) mass is 243 g/mol. The van der Waals surface area contributed by atoms with Gasteiger partial charge in [0.2, 0.25) is 5.88 Å². The Morgan fingerprint density at radius 3 is 2.31 bits per heavy atom. The first kappa shape index (κ1) is 12.5. The molecule has 0 saturated heterocycles. The SMILES string of the molecule is COc1[nH]c(C(F)F)cc(=O)c1C(F)(F)F. The Morgan fingerprint density at radius 2 is 1.94 bits per heavy atom. The number of halogens is 5. The molecule has 8 heteroatoms. The third-order valence-corrected chi connectivity index (χ3v) is 1.74. The standard InChI is InChI=1S/C8H6F5NO2/c1-16-7-5(8(11,12)13)4(15)2-3(14-7)6(9)10/h2,6H,1H3,(H,14,15). The lowest BCUT2D eigenvalue weighted by atomic mass is 10.2. The van der Waals surface area contributed by atoms with Crippen LogP contribution < -0.4 is 10.2 Å².